The zero-order chi connectivity index (χ0) is 19.4. The number of hydrogen-bond acceptors (Lipinski definition) is 4. The van der Waals surface area contributed by atoms with E-state index in [2.05, 4.69) is 57.8 Å². The third kappa shape index (κ3) is 6.91. The van der Waals surface area contributed by atoms with Gasteiger partial charge in [-0.15, -0.1) is 0 Å². The van der Waals surface area contributed by atoms with Gasteiger partial charge in [-0.2, -0.15) is 0 Å². The molecule has 0 bridgehead atoms. The molecule has 12 heteroatoms. The van der Waals surface area contributed by atoms with Crippen LogP contribution in [0.3, 0.4) is 0 Å². The average molecular weight is 573 g/mol. The summed E-state index contributed by atoms with van der Waals surface area (Å²) in [4.78, 5) is 7.15. The van der Waals surface area contributed by atoms with Crippen LogP contribution in [0.2, 0.25) is 0 Å². The Morgan fingerprint density at radius 2 is 1.32 bits per heavy atom. The molecule has 0 unspecified atom stereocenters. The van der Waals surface area contributed by atoms with Crippen LogP contribution in [-0.4, -0.2) is 24.6 Å². The van der Waals surface area contributed by atoms with E-state index in [-0.39, 0.29) is 10.2 Å². The molecule has 2 heterocycles. The molecular formula is C13H9Br3F4N2O2S. The van der Waals surface area contributed by atoms with E-state index in [1.54, 1.807) is 0 Å². The third-order valence-corrected chi connectivity index (χ3v) is 5.07. The topological polar surface area (TPSA) is 59.9 Å². The van der Waals surface area contributed by atoms with Gasteiger partial charge in [-0.25, -0.2) is 35.9 Å². The third-order valence-electron chi connectivity index (χ3n) is 2.50. The van der Waals surface area contributed by atoms with E-state index >= 15 is 0 Å². The van der Waals surface area contributed by atoms with E-state index in [4.69, 9.17) is 0 Å². The van der Waals surface area contributed by atoms with E-state index in [1.165, 1.54) is 18.5 Å². The fourth-order valence-corrected chi connectivity index (χ4v) is 3.41. The minimum absolute atomic E-state index is 0.0978. The molecule has 0 fully saturated rings. The van der Waals surface area contributed by atoms with Gasteiger partial charge < -0.3 is 0 Å². The molecule has 0 aliphatic heterocycles. The molecule has 2 aromatic rings. The zero-order valence-electron chi connectivity index (χ0n) is 12.2. The molecule has 2 aromatic heterocycles. The van der Waals surface area contributed by atoms with Crippen molar-refractivity contribution in [2.45, 2.75) is 17.9 Å². The average Bonchev–Trinajstić information content (AvgIpc) is 2.48. The van der Waals surface area contributed by atoms with Gasteiger partial charge in [-0.3, -0.25) is 0 Å². The number of halogens is 7. The van der Waals surface area contributed by atoms with Crippen LogP contribution in [0.4, 0.5) is 17.6 Å². The summed E-state index contributed by atoms with van der Waals surface area (Å²) in [6, 6.07) is 2.38. The highest BCUT2D eigenvalue weighted by Gasteiger charge is 2.21. The SMILES string of the molecule is CS(=O)(=O)c1ncc(Br)cc1C(F)F.FC(F)c1cc(Br)cnc1Br. The van der Waals surface area contributed by atoms with Crippen molar-refractivity contribution in [1.82, 2.24) is 9.97 Å². The summed E-state index contributed by atoms with van der Waals surface area (Å²) in [5.41, 5.74) is -0.679. The summed E-state index contributed by atoms with van der Waals surface area (Å²) in [5.74, 6) is 0. The Bertz CT molecular complexity index is 851. The fraction of sp³-hybridized carbons (Fsp3) is 0.231. The largest absolute Gasteiger partial charge is 0.266 e. The van der Waals surface area contributed by atoms with Crippen LogP contribution in [-0.2, 0) is 9.84 Å². The molecule has 0 atom stereocenters. The van der Waals surface area contributed by atoms with Gasteiger partial charge >= 0.3 is 0 Å². The number of rotatable bonds is 3. The molecular weight excluding hydrogens is 564 g/mol. The number of hydrogen-bond donors (Lipinski definition) is 0. The van der Waals surface area contributed by atoms with Crippen LogP contribution >= 0.6 is 47.8 Å². The molecule has 0 radical (unpaired) electrons. The Kier molecular flexibility index (Phi) is 8.42. The van der Waals surface area contributed by atoms with Gasteiger partial charge in [0.05, 0.1) is 11.1 Å². The second kappa shape index (κ2) is 9.38. The minimum Gasteiger partial charge on any atom is -0.248 e. The van der Waals surface area contributed by atoms with E-state index < -0.39 is 33.3 Å². The van der Waals surface area contributed by atoms with E-state index in [9.17, 15) is 26.0 Å². The first-order chi connectivity index (χ1) is 11.4. The van der Waals surface area contributed by atoms with Gasteiger partial charge in [0.1, 0.15) is 4.60 Å². The summed E-state index contributed by atoms with van der Waals surface area (Å²) in [6.07, 6.45) is -1.88. The maximum atomic E-state index is 12.4. The predicted molar refractivity (Wildman–Crippen MR) is 94.6 cm³/mol. The van der Waals surface area contributed by atoms with Crippen molar-refractivity contribution in [2.75, 3.05) is 6.26 Å². The summed E-state index contributed by atoms with van der Waals surface area (Å²) in [7, 11) is -3.71. The molecule has 0 aliphatic rings. The fourth-order valence-electron chi connectivity index (χ4n) is 1.50. The van der Waals surface area contributed by atoms with Crippen molar-refractivity contribution in [3.05, 3.63) is 49.2 Å². The molecule has 0 saturated heterocycles. The van der Waals surface area contributed by atoms with Crippen LogP contribution in [0.1, 0.15) is 24.0 Å². The number of pyridine rings is 2. The van der Waals surface area contributed by atoms with Gasteiger partial charge in [0.2, 0.25) is 0 Å². The van der Waals surface area contributed by atoms with Gasteiger partial charge in [-0.05, 0) is 59.9 Å². The Balaban J connectivity index is 0.000000257. The second-order valence-electron chi connectivity index (χ2n) is 4.46. The predicted octanol–water partition coefficient (Wildman–Crippen LogP) is 5.73. The van der Waals surface area contributed by atoms with Gasteiger partial charge in [0.25, 0.3) is 12.9 Å². The Morgan fingerprint density at radius 3 is 1.72 bits per heavy atom. The van der Waals surface area contributed by atoms with Gasteiger partial charge in [0, 0.05) is 27.6 Å². The summed E-state index contributed by atoms with van der Waals surface area (Å²) >= 11 is 8.91. The molecule has 138 valence electrons. The van der Waals surface area contributed by atoms with E-state index in [0.717, 1.165) is 12.3 Å². The monoisotopic (exact) mass is 570 g/mol. The van der Waals surface area contributed by atoms with Crippen LogP contribution < -0.4 is 0 Å². The quantitative estimate of drug-likeness (QED) is 0.348. The van der Waals surface area contributed by atoms with E-state index in [1.807, 2.05) is 0 Å². The van der Waals surface area contributed by atoms with Crippen LogP contribution in [0.25, 0.3) is 0 Å². The first kappa shape index (κ1) is 22.5. The first-order valence-electron chi connectivity index (χ1n) is 6.16. The second-order valence-corrected chi connectivity index (χ2v) is 8.97. The van der Waals surface area contributed by atoms with Crippen LogP contribution in [0.5, 0.6) is 0 Å². The molecule has 0 amide bonds. The van der Waals surface area contributed by atoms with Crippen molar-refractivity contribution in [3.8, 4) is 0 Å². The van der Waals surface area contributed by atoms with Crippen molar-refractivity contribution >= 4 is 57.6 Å². The number of aromatic nitrogens is 2. The maximum absolute atomic E-state index is 12.4. The van der Waals surface area contributed by atoms with Crippen LogP contribution in [0, 0.1) is 0 Å². The first-order valence-corrected chi connectivity index (χ1v) is 10.4. The summed E-state index contributed by atoms with van der Waals surface area (Å²) in [5, 5.41) is -0.573. The van der Waals surface area contributed by atoms with Crippen molar-refractivity contribution in [3.63, 3.8) is 0 Å². The highest BCUT2D eigenvalue weighted by molar-refractivity contribution is 9.11. The Morgan fingerprint density at radius 1 is 0.880 bits per heavy atom. The van der Waals surface area contributed by atoms with Crippen molar-refractivity contribution in [1.29, 1.82) is 0 Å². The lowest BCUT2D eigenvalue weighted by Gasteiger charge is -2.05. The minimum atomic E-state index is -3.71. The smallest absolute Gasteiger partial charge is 0.248 e. The molecule has 0 N–H and O–H groups in total. The summed E-state index contributed by atoms with van der Waals surface area (Å²) < 4.78 is 72.2. The molecule has 2 rings (SSSR count). The number of alkyl halides is 4. The highest BCUT2D eigenvalue weighted by atomic mass is 79.9. The zero-order valence-corrected chi connectivity index (χ0v) is 17.8. The Labute approximate surface area is 166 Å². The number of nitrogens with zero attached hydrogens (tertiary/aromatic N) is 2. The normalized spacial score (nSPS) is 11.4. The molecule has 0 aromatic carbocycles. The maximum Gasteiger partial charge on any atom is 0.266 e. The van der Waals surface area contributed by atoms with Crippen molar-refractivity contribution < 1.29 is 26.0 Å². The molecule has 25 heavy (non-hydrogen) atoms. The lowest BCUT2D eigenvalue weighted by molar-refractivity contribution is 0.147. The molecule has 0 saturated carbocycles. The Hall–Kier alpha value is -0.590. The lowest BCUT2D eigenvalue weighted by Crippen LogP contribution is -2.05. The van der Waals surface area contributed by atoms with Gasteiger partial charge in [-0.1, -0.05) is 0 Å². The van der Waals surface area contributed by atoms with E-state index in [0.29, 0.717) is 8.95 Å². The standard InChI is InChI=1S/C7H6BrF2NO2S.C6H3Br2F2N/c1-14(12,13)7-5(6(9)10)2-4(8)3-11-7;7-3-1-4(6(9)10)5(8)11-2-3/h2-3,6H,1H3;1-2,6H. The van der Waals surface area contributed by atoms with Crippen molar-refractivity contribution in [2.24, 2.45) is 0 Å². The highest BCUT2D eigenvalue weighted by Crippen LogP contribution is 2.28. The molecule has 0 spiro atoms. The molecule has 0 aliphatic carbocycles. The summed E-state index contributed by atoms with van der Waals surface area (Å²) in [6.45, 7) is 0. The molecule has 4 nitrogen and oxygen atoms in total. The lowest BCUT2D eigenvalue weighted by atomic mass is 10.3. The van der Waals surface area contributed by atoms with Crippen LogP contribution in [0.15, 0.2) is 43.1 Å². The van der Waals surface area contributed by atoms with Gasteiger partial charge in [0.15, 0.2) is 14.9 Å². The number of sulfone groups is 1.